The van der Waals surface area contributed by atoms with Crippen LogP contribution < -0.4 is 10.7 Å². The van der Waals surface area contributed by atoms with Crippen molar-refractivity contribution in [3.8, 4) is 17.2 Å². The average molecular weight is 292 g/mol. The molecular weight excluding hydrogens is 270 g/mol. The van der Waals surface area contributed by atoms with Crippen LogP contribution in [0.25, 0.3) is 11.1 Å². The number of nitrogens with two attached hydrogens (primary N) is 1. The van der Waals surface area contributed by atoms with Gasteiger partial charge in [-0.05, 0) is 44.2 Å². The molecule has 1 aromatic heterocycles. The van der Waals surface area contributed by atoms with E-state index in [4.69, 9.17) is 5.73 Å². The Morgan fingerprint density at radius 3 is 2.68 bits per heavy atom. The molecule has 1 aliphatic carbocycles. The van der Waals surface area contributed by atoms with Gasteiger partial charge in [0.25, 0.3) is 5.82 Å². The molecule has 0 saturated carbocycles. The maximum atomic E-state index is 9.64. The first kappa shape index (κ1) is 14.6. The lowest BCUT2D eigenvalue weighted by Gasteiger charge is -2.15. The van der Waals surface area contributed by atoms with Crippen molar-refractivity contribution in [2.24, 2.45) is 0 Å². The number of nitrogens with one attached hydrogen (secondary N) is 1. The first-order valence-corrected chi connectivity index (χ1v) is 7.96. The summed E-state index contributed by atoms with van der Waals surface area (Å²) in [6.45, 7) is 4.19. The Balaban J connectivity index is 2.36. The second kappa shape index (κ2) is 5.81. The number of H-pyrrole nitrogens is 1. The second-order valence-corrected chi connectivity index (χ2v) is 6.24. The third-order valence-electron chi connectivity index (χ3n) is 4.60. The van der Waals surface area contributed by atoms with Crippen molar-refractivity contribution >= 4 is 5.82 Å². The molecule has 0 saturated heterocycles. The molecule has 3 heteroatoms. The highest BCUT2D eigenvalue weighted by atomic mass is 14.9. The van der Waals surface area contributed by atoms with Crippen molar-refractivity contribution in [2.75, 3.05) is 5.73 Å². The van der Waals surface area contributed by atoms with Gasteiger partial charge >= 0.3 is 0 Å². The molecule has 1 heterocycles. The van der Waals surface area contributed by atoms with Crippen LogP contribution in [-0.4, -0.2) is 0 Å². The predicted molar refractivity (Wildman–Crippen MR) is 88.3 cm³/mol. The normalized spacial score (nSPS) is 14.0. The second-order valence-electron chi connectivity index (χ2n) is 6.24. The van der Waals surface area contributed by atoms with Gasteiger partial charge in [0, 0.05) is 17.5 Å². The van der Waals surface area contributed by atoms with E-state index in [2.05, 4.69) is 43.1 Å². The number of aromatic nitrogens is 1. The number of hydrogen-bond donors (Lipinski definition) is 1. The van der Waals surface area contributed by atoms with Crippen LogP contribution in [0.1, 0.15) is 47.2 Å². The Kier molecular flexibility index (Phi) is 3.85. The van der Waals surface area contributed by atoms with Crippen LogP contribution in [0.5, 0.6) is 0 Å². The number of rotatable bonds is 1. The Morgan fingerprint density at radius 2 is 1.91 bits per heavy atom. The lowest BCUT2D eigenvalue weighted by Crippen LogP contribution is -2.22. The van der Waals surface area contributed by atoms with E-state index >= 15 is 0 Å². The zero-order chi connectivity index (χ0) is 15.7. The van der Waals surface area contributed by atoms with Crippen molar-refractivity contribution in [1.29, 1.82) is 5.26 Å². The first-order chi connectivity index (χ1) is 10.6. The van der Waals surface area contributed by atoms with Crippen molar-refractivity contribution < 1.29 is 4.98 Å². The highest BCUT2D eigenvalue weighted by Crippen LogP contribution is 2.35. The number of nitriles is 1. The smallest absolute Gasteiger partial charge is 0.286 e. The van der Waals surface area contributed by atoms with Gasteiger partial charge in [0.15, 0.2) is 0 Å². The van der Waals surface area contributed by atoms with Crippen molar-refractivity contribution in [2.45, 2.75) is 46.0 Å². The van der Waals surface area contributed by atoms with Crippen LogP contribution in [0.4, 0.5) is 5.82 Å². The molecule has 2 aromatic rings. The van der Waals surface area contributed by atoms with Gasteiger partial charge in [-0.25, -0.2) is 4.98 Å². The lowest BCUT2D eigenvalue weighted by atomic mass is 9.89. The summed E-state index contributed by atoms with van der Waals surface area (Å²) in [5.74, 6) is 0.499. The molecule has 3 nitrogen and oxygen atoms in total. The number of anilines is 1. The van der Waals surface area contributed by atoms with Gasteiger partial charge in [-0.2, -0.15) is 5.26 Å². The zero-order valence-electron chi connectivity index (χ0n) is 13.3. The molecule has 22 heavy (non-hydrogen) atoms. The molecule has 1 aromatic carbocycles. The molecule has 1 aliphatic rings. The highest BCUT2D eigenvalue weighted by Gasteiger charge is 2.24. The molecule has 0 bridgehead atoms. The van der Waals surface area contributed by atoms with E-state index in [1.54, 1.807) is 0 Å². The van der Waals surface area contributed by atoms with E-state index in [1.807, 2.05) is 0 Å². The van der Waals surface area contributed by atoms with E-state index in [0.29, 0.717) is 11.4 Å². The maximum absolute atomic E-state index is 9.64. The third-order valence-corrected chi connectivity index (χ3v) is 4.60. The Labute approximate surface area is 131 Å². The number of nitrogens with zero attached hydrogens (tertiary/aromatic N) is 1. The number of pyridine rings is 1. The molecule has 0 spiro atoms. The van der Waals surface area contributed by atoms with Gasteiger partial charge < -0.3 is 0 Å². The standard InChI is InChI=1S/C19H21N3/c1-12-8-9-13(2)15(10-12)18-14-6-4-3-5-7-17(14)22-19(21)16(18)11-20/h8-10H,3-7H2,1-2H3,(H2,21,22)/p+1. The minimum Gasteiger partial charge on any atom is -0.286 e. The fourth-order valence-corrected chi connectivity index (χ4v) is 3.43. The number of benzene rings is 1. The summed E-state index contributed by atoms with van der Waals surface area (Å²) in [7, 11) is 0. The van der Waals surface area contributed by atoms with E-state index in [0.717, 1.165) is 24.0 Å². The van der Waals surface area contributed by atoms with Crippen LogP contribution in [0.2, 0.25) is 0 Å². The Hall–Kier alpha value is -2.34. The quantitative estimate of drug-likeness (QED) is 0.817. The monoisotopic (exact) mass is 292 g/mol. The largest absolute Gasteiger partial charge is 0.289 e. The Morgan fingerprint density at radius 1 is 1.14 bits per heavy atom. The number of aryl methyl sites for hydroxylation is 3. The summed E-state index contributed by atoms with van der Waals surface area (Å²) >= 11 is 0. The summed E-state index contributed by atoms with van der Waals surface area (Å²) in [6, 6.07) is 8.74. The molecule has 112 valence electrons. The molecular formula is C19H22N3+. The topological polar surface area (TPSA) is 64.0 Å². The van der Waals surface area contributed by atoms with Gasteiger partial charge in [0.05, 0.1) is 0 Å². The maximum Gasteiger partial charge on any atom is 0.289 e. The van der Waals surface area contributed by atoms with Gasteiger partial charge in [0.1, 0.15) is 17.3 Å². The van der Waals surface area contributed by atoms with Gasteiger partial charge in [-0.3, -0.25) is 5.73 Å². The van der Waals surface area contributed by atoms with E-state index in [9.17, 15) is 5.26 Å². The summed E-state index contributed by atoms with van der Waals surface area (Å²) in [5, 5.41) is 9.64. The van der Waals surface area contributed by atoms with Crippen molar-refractivity contribution in [3.63, 3.8) is 0 Å². The molecule has 0 amide bonds. The van der Waals surface area contributed by atoms with Crippen LogP contribution in [0.3, 0.4) is 0 Å². The van der Waals surface area contributed by atoms with Crippen LogP contribution >= 0.6 is 0 Å². The Bertz CT molecular complexity index is 769. The zero-order valence-corrected chi connectivity index (χ0v) is 13.3. The molecule has 3 rings (SSSR count). The summed E-state index contributed by atoms with van der Waals surface area (Å²) < 4.78 is 0. The number of nitrogen functional groups attached to an aromatic ring is 1. The fourth-order valence-electron chi connectivity index (χ4n) is 3.43. The van der Waals surface area contributed by atoms with Gasteiger partial charge in [-0.15, -0.1) is 0 Å². The first-order valence-electron chi connectivity index (χ1n) is 7.96. The average Bonchev–Trinajstić information content (AvgIpc) is 2.73. The molecule has 0 radical (unpaired) electrons. The number of fused-ring (bicyclic) bond motifs is 1. The number of hydrogen-bond acceptors (Lipinski definition) is 2. The number of aromatic amines is 1. The summed E-state index contributed by atoms with van der Waals surface area (Å²) in [5.41, 5.74) is 13.8. The fraction of sp³-hybridized carbons (Fsp3) is 0.368. The van der Waals surface area contributed by atoms with Crippen molar-refractivity contribution in [3.05, 3.63) is 46.1 Å². The molecule has 0 fully saturated rings. The summed E-state index contributed by atoms with van der Waals surface area (Å²) in [4.78, 5) is 3.29. The van der Waals surface area contributed by atoms with Crippen LogP contribution in [0, 0.1) is 25.2 Å². The SMILES string of the molecule is Cc1ccc(C)c(-c2c(C#N)c(N)[nH+]c3c2CCCCC3)c1. The van der Waals surface area contributed by atoms with Crippen molar-refractivity contribution in [1.82, 2.24) is 0 Å². The van der Waals surface area contributed by atoms with Crippen LogP contribution in [-0.2, 0) is 12.8 Å². The molecule has 0 unspecified atom stereocenters. The van der Waals surface area contributed by atoms with E-state index < -0.39 is 0 Å². The van der Waals surface area contributed by atoms with Gasteiger partial charge in [-0.1, -0.05) is 30.2 Å². The van der Waals surface area contributed by atoms with Crippen LogP contribution in [0.15, 0.2) is 18.2 Å². The molecule has 3 N–H and O–H groups in total. The van der Waals surface area contributed by atoms with E-state index in [-0.39, 0.29) is 0 Å². The minimum atomic E-state index is 0.499. The summed E-state index contributed by atoms with van der Waals surface area (Å²) in [6.07, 6.45) is 5.62. The molecule has 0 aliphatic heterocycles. The highest BCUT2D eigenvalue weighted by molar-refractivity contribution is 5.80. The molecule has 0 atom stereocenters. The van der Waals surface area contributed by atoms with E-state index in [1.165, 1.54) is 41.6 Å². The van der Waals surface area contributed by atoms with Gasteiger partial charge in [0.2, 0.25) is 0 Å². The minimum absolute atomic E-state index is 0.499. The predicted octanol–water partition coefficient (Wildman–Crippen LogP) is 3.51. The third kappa shape index (κ3) is 2.46. The lowest BCUT2D eigenvalue weighted by molar-refractivity contribution is -0.373.